The number of imidazole rings is 1. The second kappa shape index (κ2) is 6.52. The van der Waals surface area contributed by atoms with Gasteiger partial charge in [0, 0.05) is 28.2 Å². The van der Waals surface area contributed by atoms with E-state index in [0.717, 1.165) is 21.1 Å². The molecule has 3 heterocycles. The van der Waals surface area contributed by atoms with Crippen molar-refractivity contribution in [3.8, 4) is 5.00 Å². The molecule has 0 saturated carbocycles. The van der Waals surface area contributed by atoms with Crippen LogP contribution in [0.2, 0.25) is 0 Å². The summed E-state index contributed by atoms with van der Waals surface area (Å²) >= 11 is 1.40. The maximum absolute atomic E-state index is 14.7. The smallest absolute Gasteiger partial charge is 0.242 e. The lowest BCUT2D eigenvalue weighted by molar-refractivity contribution is 0.0826. The van der Waals surface area contributed by atoms with Gasteiger partial charge in [0.05, 0.1) is 11.3 Å². The normalized spacial score (nSPS) is 20.3. The number of aryl methyl sites for hydroxylation is 1. The van der Waals surface area contributed by atoms with Crippen LogP contribution in [0.5, 0.6) is 0 Å². The van der Waals surface area contributed by atoms with E-state index < -0.39 is 30.0 Å². The van der Waals surface area contributed by atoms with E-state index in [0.29, 0.717) is 11.4 Å². The van der Waals surface area contributed by atoms with E-state index in [9.17, 15) is 17.6 Å². The van der Waals surface area contributed by atoms with Crippen molar-refractivity contribution in [1.29, 1.82) is 0 Å². The largest absolute Gasteiger partial charge is 0.290 e. The number of fused-ring (bicyclic) bond motifs is 5. The molecule has 1 aliphatic heterocycles. The van der Waals surface area contributed by atoms with E-state index in [4.69, 9.17) is 0 Å². The van der Waals surface area contributed by atoms with Gasteiger partial charge < -0.3 is 0 Å². The summed E-state index contributed by atoms with van der Waals surface area (Å²) in [6.07, 6.45) is -0.278. The van der Waals surface area contributed by atoms with E-state index in [1.807, 2.05) is 18.4 Å². The van der Waals surface area contributed by atoms with Gasteiger partial charge in [-0.25, -0.2) is 22.5 Å². The molecule has 0 fully saturated rings. The fraction of sp³-hybridized carbons (Fsp3) is 0.333. The van der Waals surface area contributed by atoms with Crippen LogP contribution >= 0.6 is 11.3 Å². The summed E-state index contributed by atoms with van der Waals surface area (Å²) in [6, 6.07) is 3.24. The van der Waals surface area contributed by atoms with Gasteiger partial charge in [0.25, 0.3) is 0 Å². The fourth-order valence-corrected chi connectivity index (χ4v) is 5.77. The van der Waals surface area contributed by atoms with Crippen LogP contribution in [0.3, 0.4) is 0 Å². The Morgan fingerprint density at radius 2 is 1.86 bits per heavy atom. The zero-order valence-corrected chi connectivity index (χ0v) is 16.5. The number of halogens is 4. The van der Waals surface area contributed by atoms with Crippen LogP contribution < -0.4 is 0 Å². The van der Waals surface area contributed by atoms with Gasteiger partial charge in [-0.3, -0.25) is 9.56 Å². The summed E-state index contributed by atoms with van der Waals surface area (Å²) in [6.45, 7) is 3.71. The quantitative estimate of drug-likeness (QED) is 0.511. The minimum atomic E-state index is -2.44. The van der Waals surface area contributed by atoms with Gasteiger partial charge in [-0.05, 0) is 44.4 Å². The van der Waals surface area contributed by atoms with Crippen LogP contribution in [0.15, 0.2) is 29.4 Å². The number of aromatic nitrogens is 2. The average molecular weight is 419 g/mol. The number of rotatable bonds is 2. The zero-order valence-electron chi connectivity index (χ0n) is 15.7. The van der Waals surface area contributed by atoms with Gasteiger partial charge in [-0.15, -0.1) is 11.3 Å². The number of benzene rings is 1. The molecule has 3 nitrogen and oxygen atoms in total. The third-order valence-corrected chi connectivity index (χ3v) is 6.88. The Kier molecular flexibility index (Phi) is 4.17. The molecule has 0 amide bonds. The van der Waals surface area contributed by atoms with Gasteiger partial charge >= 0.3 is 0 Å². The zero-order chi connectivity index (χ0) is 20.4. The van der Waals surface area contributed by atoms with Gasteiger partial charge in [0.2, 0.25) is 6.43 Å². The molecule has 1 aromatic carbocycles. The van der Waals surface area contributed by atoms with E-state index in [2.05, 4.69) is 9.98 Å². The van der Waals surface area contributed by atoms with Crippen molar-refractivity contribution >= 4 is 17.0 Å². The molecule has 150 valence electrons. The highest BCUT2D eigenvalue weighted by Gasteiger charge is 2.38. The molecular formula is C21H17F4N3S. The maximum Gasteiger partial charge on any atom is 0.242 e. The van der Waals surface area contributed by atoms with Gasteiger partial charge in [0.1, 0.15) is 28.5 Å². The van der Waals surface area contributed by atoms with Crippen LogP contribution in [0.1, 0.15) is 46.1 Å². The number of thiophene rings is 1. The van der Waals surface area contributed by atoms with Crippen LogP contribution in [0.4, 0.5) is 17.6 Å². The molecule has 1 aliphatic carbocycles. The Morgan fingerprint density at radius 3 is 2.55 bits per heavy atom. The number of hydrogen-bond acceptors (Lipinski definition) is 3. The molecule has 0 N–H and O–H groups in total. The Morgan fingerprint density at radius 1 is 1.14 bits per heavy atom. The second-order valence-electron chi connectivity index (χ2n) is 7.53. The average Bonchev–Trinajstić information content (AvgIpc) is 3.30. The summed E-state index contributed by atoms with van der Waals surface area (Å²) in [5.41, 5.74) is 2.11. The van der Waals surface area contributed by atoms with Crippen molar-refractivity contribution in [3.63, 3.8) is 0 Å². The molecule has 2 aliphatic rings. The first kappa shape index (κ1) is 18.5. The van der Waals surface area contributed by atoms with E-state index in [-0.39, 0.29) is 24.1 Å². The molecule has 0 bridgehead atoms. The van der Waals surface area contributed by atoms with Crippen LogP contribution in [0, 0.1) is 24.5 Å². The van der Waals surface area contributed by atoms with Gasteiger partial charge in [0.15, 0.2) is 0 Å². The van der Waals surface area contributed by atoms with Crippen molar-refractivity contribution < 1.29 is 17.6 Å². The standard InChI is InChI=1S/C21H17F4N3S/c1-9-8-26-20-10(2)27-18(17-13(22)4-3-5-14(17)23)16-12-6-11(19(24)25)7-15(12)29-21(16)28(9)20/h3-5,8,10-11,19H,6-7H2,1-2H3/t10-,11+/m0/s1. The Bertz CT molecular complexity index is 1140. The summed E-state index contributed by atoms with van der Waals surface area (Å²) in [5.74, 6) is -1.55. The SMILES string of the molecule is Cc1cnc2n1-c1sc3c(c1C(c1c(F)cccc1F)=N[C@H]2C)C[C@@H](C(F)F)C3. The van der Waals surface area contributed by atoms with Gasteiger partial charge in [-0.1, -0.05) is 6.07 Å². The minimum Gasteiger partial charge on any atom is -0.290 e. The molecule has 2 atom stereocenters. The van der Waals surface area contributed by atoms with E-state index >= 15 is 0 Å². The summed E-state index contributed by atoms with van der Waals surface area (Å²) in [5, 5.41) is 0.749. The lowest BCUT2D eigenvalue weighted by Gasteiger charge is -2.13. The van der Waals surface area contributed by atoms with Crippen molar-refractivity contribution in [2.45, 2.75) is 39.2 Å². The molecule has 0 unspecified atom stereocenters. The lowest BCUT2D eigenvalue weighted by atomic mass is 9.97. The third-order valence-electron chi connectivity index (χ3n) is 5.64. The molecule has 3 aromatic rings. The van der Waals surface area contributed by atoms with E-state index in [1.54, 1.807) is 6.20 Å². The first-order valence-corrected chi connectivity index (χ1v) is 10.2. The van der Waals surface area contributed by atoms with Crippen LogP contribution in [0.25, 0.3) is 5.00 Å². The number of aliphatic imine (C=N–C) groups is 1. The monoisotopic (exact) mass is 419 g/mol. The number of nitrogens with zero attached hydrogens (tertiary/aromatic N) is 3. The topological polar surface area (TPSA) is 30.2 Å². The molecule has 8 heteroatoms. The number of hydrogen-bond donors (Lipinski definition) is 0. The van der Waals surface area contributed by atoms with Crippen LogP contribution in [-0.2, 0) is 12.8 Å². The molecule has 0 spiro atoms. The highest BCUT2D eigenvalue weighted by molar-refractivity contribution is 7.15. The van der Waals surface area contributed by atoms with Crippen molar-refractivity contribution in [2.24, 2.45) is 10.9 Å². The van der Waals surface area contributed by atoms with E-state index in [1.165, 1.54) is 29.5 Å². The van der Waals surface area contributed by atoms with Crippen molar-refractivity contribution in [1.82, 2.24) is 9.55 Å². The molecule has 2 aromatic heterocycles. The van der Waals surface area contributed by atoms with Crippen LogP contribution in [-0.4, -0.2) is 21.7 Å². The van der Waals surface area contributed by atoms with Crippen molar-refractivity contribution in [2.75, 3.05) is 0 Å². The van der Waals surface area contributed by atoms with Crippen molar-refractivity contribution in [3.05, 3.63) is 69.1 Å². The Balaban J connectivity index is 1.82. The summed E-state index contributed by atoms with van der Waals surface area (Å²) in [4.78, 5) is 9.94. The molecule has 5 rings (SSSR count). The predicted molar refractivity (Wildman–Crippen MR) is 103 cm³/mol. The molecular weight excluding hydrogens is 402 g/mol. The first-order valence-electron chi connectivity index (χ1n) is 9.36. The third kappa shape index (κ3) is 2.68. The fourth-order valence-electron chi connectivity index (χ4n) is 4.28. The second-order valence-corrected chi connectivity index (χ2v) is 8.61. The van der Waals surface area contributed by atoms with Gasteiger partial charge in [-0.2, -0.15) is 0 Å². The summed E-state index contributed by atoms with van der Waals surface area (Å²) in [7, 11) is 0. The molecule has 0 saturated heterocycles. The first-order chi connectivity index (χ1) is 13.9. The Hall–Kier alpha value is -2.48. The highest BCUT2D eigenvalue weighted by Crippen LogP contribution is 2.45. The molecule has 29 heavy (non-hydrogen) atoms. The minimum absolute atomic E-state index is 0.172. The molecule has 0 radical (unpaired) electrons. The highest BCUT2D eigenvalue weighted by atomic mass is 32.1. The lowest BCUT2D eigenvalue weighted by Crippen LogP contribution is -2.14. The summed E-state index contributed by atoms with van der Waals surface area (Å²) < 4.78 is 58.2. The Labute approximate surface area is 168 Å². The maximum atomic E-state index is 14.7. The number of alkyl halides is 2. The predicted octanol–water partition coefficient (Wildman–Crippen LogP) is 5.41.